The average molecular weight is 298 g/mol. The third-order valence-electron chi connectivity index (χ3n) is 3.39. The van der Waals surface area contributed by atoms with Crippen molar-refractivity contribution in [2.75, 3.05) is 5.32 Å². The summed E-state index contributed by atoms with van der Waals surface area (Å²) >= 11 is 1.72. The maximum absolute atomic E-state index is 9.31. The number of thiazole rings is 1. The lowest BCUT2D eigenvalue weighted by atomic mass is 10.1. The minimum absolute atomic E-state index is 0.311. The molecule has 3 rings (SSSR count). The smallest absolute Gasteiger partial charge is 0.115 e. The summed E-state index contributed by atoms with van der Waals surface area (Å²) in [5.41, 5.74) is 3.40. The monoisotopic (exact) mass is 298 g/mol. The fourth-order valence-corrected chi connectivity index (χ4v) is 3.32. The van der Waals surface area contributed by atoms with Crippen LogP contribution in [-0.2, 0) is 6.42 Å². The van der Waals surface area contributed by atoms with E-state index >= 15 is 0 Å². The van der Waals surface area contributed by atoms with Crippen LogP contribution in [0.1, 0.15) is 17.5 Å². The Morgan fingerprint density at radius 3 is 2.71 bits per heavy atom. The number of nitrogens with one attached hydrogen (secondary N) is 1. The fraction of sp³-hybridized carbons (Fsp3) is 0.235. The van der Waals surface area contributed by atoms with E-state index in [0.29, 0.717) is 11.8 Å². The molecule has 0 aliphatic rings. The lowest BCUT2D eigenvalue weighted by molar-refractivity contribution is 0.475. The Kier molecular flexibility index (Phi) is 3.80. The number of nitrogens with zero attached hydrogens (tertiary/aromatic N) is 1. The van der Waals surface area contributed by atoms with Crippen LogP contribution in [0.3, 0.4) is 0 Å². The highest BCUT2D eigenvalue weighted by Crippen LogP contribution is 2.25. The predicted octanol–water partition coefficient (Wildman–Crippen LogP) is 4.35. The molecule has 0 amide bonds. The number of phenolic OH excluding ortho intramolecular Hbond substituents is 1. The second-order valence-electron chi connectivity index (χ2n) is 5.33. The summed E-state index contributed by atoms with van der Waals surface area (Å²) in [5, 5.41) is 13.9. The number of fused-ring (bicyclic) bond motifs is 1. The first-order chi connectivity index (χ1) is 10.1. The second-order valence-corrected chi connectivity index (χ2v) is 6.57. The minimum Gasteiger partial charge on any atom is -0.508 e. The van der Waals surface area contributed by atoms with E-state index in [-0.39, 0.29) is 0 Å². The topological polar surface area (TPSA) is 45.2 Å². The molecule has 0 spiro atoms. The zero-order valence-electron chi connectivity index (χ0n) is 12.1. The van der Waals surface area contributed by atoms with Gasteiger partial charge in [-0.25, -0.2) is 4.98 Å². The third-order valence-corrected chi connectivity index (χ3v) is 4.32. The van der Waals surface area contributed by atoms with Crippen LogP contribution in [0.4, 0.5) is 5.69 Å². The largest absolute Gasteiger partial charge is 0.508 e. The molecule has 0 aliphatic carbocycles. The molecule has 0 bridgehead atoms. The van der Waals surface area contributed by atoms with Gasteiger partial charge in [0, 0.05) is 11.7 Å². The average Bonchev–Trinajstić information content (AvgIpc) is 2.80. The number of aryl methyl sites for hydroxylation is 1. The van der Waals surface area contributed by atoms with Crippen molar-refractivity contribution in [3.8, 4) is 5.75 Å². The number of aromatic nitrogens is 1. The summed E-state index contributed by atoms with van der Waals surface area (Å²) in [5.74, 6) is 0.311. The first-order valence-electron chi connectivity index (χ1n) is 7.02. The van der Waals surface area contributed by atoms with Crippen molar-refractivity contribution in [1.29, 1.82) is 0 Å². The van der Waals surface area contributed by atoms with Gasteiger partial charge in [-0.3, -0.25) is 0 Å². The van der Waals surface area contributed by atoms with Crippen LogP contribution in [0.2, 0.25) is 0 Å². The fourth-order valence-electron chi connectivity index (χ4n) is 2.45. The van der Waals surface area contributed by atoms with Crippen LogP contribution < -0.4 is 5.32 Å². The first-order valence-corrected chi connectivity index (χ1v) is 7.83. The molecular weight excluding hydrogens is 280 g/mol. The standard InChI is InChI=1S/C17H18N2OS/c1-11(9-13-3-6-15(20)7-4-13)18-14-5-8-16-17(10-14)21-12(2)19-16/h3-8,10-11,18,20H,9H2,1-2H3. The molecule has 1 heterocycles. The quantitative estimate of drug-likeness (QED) is 0.752. The van der Waals surface area contributed by atoms with Gasteiger partial charge in [0.25, 0.3) is 0 Å². The molecule has 1 unspecified atom stereocenters. The lowest BCUT2D eigenvalue weighted by Crippen LogP contribution is -2.17. The van der Waals surface area contributed by atoms with Gasteiger partial charge in [-0.05, 0) is 56.2 Å². The molecule has 1 aromatic heterocycles. The van der Waals surface area contributed by atoms with Crippen molar-refractivity contribution in [3.05, 3.63) is 53.0 Å². The van der Waals surface area contributed by atoms with Crippen LogP contribution in [0.15, 0.2) is 42.5 Å². The Morgan fingerprint density at radius 2 is 1.95 bits per heavy atom. The van der Waals surface area contributed by atoms with Crippen molar-refractivity contribution >= 4 is 27.2 Å². The summed E-state index contributed by atoms with van der Waals surface area (Å²) in [6.45, 7) is 4.19. The molecule has 1 atom stereocenters. The second kappa shape index (κ2) is 5.74. The van der Waals surface area contributed by atoms with E-state index in [0.717, 1.165) is 22.6 Å². The van der Waals surface area contributed by atoms with Crippen molar-refractivity contribution in [1.82, 2.24) is 4.98 Å². The van der Waals surface area contributed by atoms with Gasteiger partial charge >= 0.3 is 0 Å². The lowest BCUT2D eigenvalue weighted by Gasteiger charge is -2.15. The van der Waals surface area contributed by atoms with Crippen molar-refractivity contribution in [2.45, 2.75) is 26.3 Å². The SMILES string of the molecule is Cc1nc2ccc(NC(C)Cc3ccc(O)cc3)cc2s1. The molecule has 21 heavy (non-hydrogen) atoms. The zero-order chi connectivity index (χ0) is 14.8. The number of aromatic hydroxyl groups is 1. The molecule has 3 nitrogen and oxygen atoms in total. The number of benzene rings is 2. The Morgan fingerprint density at radius 1 is 1.19 bits per heavy atom. The van der Waals surface area contributed by atoms with E-state index in [4.69, 9.17) is 0 Å². The van der Waals surface area contributed by atoms with E-state index < -0.39 is 0 Å². The van der Waals surface area contributed by atoms with Gasteiger partial charge < -0.3 is 10.4 Å². The van der Waals surface area contributed by atoms with Crippen LogP contribution in [0.5, 0.6) is 5.75 Å². The van der Waals surface area contributed by atoms with Gasteiger partial charge in [0.2, 0.25) is 0 Å². The van der Waals surface area contributed by atoms with Crippen LogP contribution in [-0.4, -0.2) is 16.1 Å². The molecule has 2 aromatic carbocycles. The predicted molar refractivity (Wildman–Crippen MR) is 89.3 cm³/mol. The summed E-state index contributed by atoms with van der Waals surface area (Å²) in [6.07, 6.45) is 0.917. The van der Waals surface area contributed by atoms with Crippen LogP contribution >= 0.6 is 11.3 Å². The Labute approximate surface area is 128 Å². The van der Waals surface area contributed by atoms with E-state index in [1.54, 1.807) is 23.5 Å². The van der Waals surface area contributed by atoms with Crippen LogP contribution in [0.25, 0.3) is 10.2 Å². The van der Waals surface area contributed by atoms with Gasteiger partial charge in [0.1, 0.15) is 5.75 Å². The molecular formula is C17H18N2OS. The third kappa shape index (κ3) is 3.34. The van der Waals surface area contributed by atoms with Gasteiger partial charge in [-0.15, -0.1) is 11.3 Å². The normalized spacial score (nSPS) is 12.5. The number of phenols is 1. The molecule has 108 valence electrons. The number of anilines is 1. The van der Waals surface area contributed by atoms with E-state index in [1.165, 1.54) is 10.3 Å². The molecule has 4 heteroatoms. The van der Waals surface area contributed by atoms with E-state index in [2.05, 4.69) is 35.4 Å². The Bertz CT molecular complexity index is 749. The number of rotatable bonds is 4. The number of hydrogen-bond acceptors (Lipinski definition) is 4. The maximum atomic E-state index is 9.31. The highest BCUT2D eigenvalue weighted by atomic mass is 32.1. The van der Waals surface area contributed by atoms with Crippen LogP contribution in [0, 0.1) is 6.92 Å². The molecule has 0 fully saturated rings. The molecule has 2 N–H and O–H groups in total. The van der Waals surface area contributed by atoms with Gasteiger partial charge in [0.15, 0.2) is 0 Å². The molecule has 0 saturated carbocycles. The van der Waals surface area contributed by atoms with Gasteiger partial charge in [-0.2, -0.15) is 0 Å². The zero-order valence-corrected chi connectivity index (χ0v) is 12.9. The first kappa shape index (κ1) is 13.9. The minimum atomic E-state index is 0.311. The van der Waals surface area contributed by atoms with Crippen molar-refractivity contribution < 1.29 is 5.11 Å². The van der Waals surface area contributed by atoms with Gasteiger partial charge in [-0.1, -0.05) is 12.1 Å². The Balaban J connectivity index is 1.70. The van der Waals surface area contributed by atoms with Gasteiger partial charge in [0.05, 0.1) is 15.2 Å². The van der Waals surface area contributed by atoms with E-state index in [1.807, 2.05) is 19.1 Å². The summed E-state index contributed by atoms with van der Waals surface area (Å²) in [4.78, 5) is 4.48. The highest BCUT2D eigenvalue weighted by Gasteiger charge is 2.06. The Hall–Kier alpha value is -2.07. The summed E-state index contributed by atoms with van der Waals surface area (Å²) in [6, 6.07) is 14.0. The number of hydrogen-bond donors (Lipinski definition) is 2. The molecule has 0 saturated heterocycles. The molecule has 0 radical (unpaired) electrons. The highest BCUT2D eigenvalue weighted by molar-refractivity contribution is 7.18. The molecule has 3 aromatic rings. The van der Waals surface area contributed by atoms with Crippen molar-refractivity contribution in [2.24, 2.45) is 0 Å². The molecule has 0 aliphatic heterocycles. The van der Waals surface area contributed by atoms with Crippen molar-refractivity contribution in [3.63, 3.8) is 0 Å². The maximum Gasteiger partial charge on any atom is 0.115 e. The summed E-state index contributed by atoms with van der Waals surface area (Å²) in [7, 11) is 0. The van der Waals surface area contributed by atoms with E-state index in [9.17, 15) is 5.11 Å². The summed E-state index contributed by atoms with van der Waals surface area (Å²) < 4.78 is 1.22.